The number of urea groups is 1. The Morgan fingerprint density at radius 1 is 1.41 bits per heavy atom. The molecule has 1 aromatic rings. The first kappa shape index (κ1) is 16.0. The molecule has 1 fully saturated rings. The Kier molecular flexibility index (Phi) is 4.52. The van der Waals surface area contributed by atoms with Crippen LogP contribution in [0.2, 0.25) is 0 Å². The number of carbonyl (C=O) groups excluding carboxylic acids is 2. The van der Waals surface area contributed by atoms with Crippen LogP contribution in [0.3, 0.4) is 0 Å². The Morgan fingerprint density at radius 2 is 2.09 bits per heavy atom. The van der Waals surface area contributed by atoms with Gasteiger partial charge in [0.05, 0.1) is 12.6 Å². The van der Waals surface area contributed by atoms with E-state index in [1.807, 2.05) is 0 Å². The van der Waals surface area contributed by atoms with Crippen molar-refractivity contribution in [1.82, 2.24) is 30.3 Å². The van der Waals surface area contributed by atoms with Gasteiger partial charge in [-0.25, -0.2) is 14.5 Å². The van der Waals surface area contributed by atoms with Crippen LogP contribution in [0.15, 0.2) is 12.7 Å². The van der Waals surface area contributed by atoms with Gasteiger partial charge in [-0.1, -0.05) is 0 Å². The molecule has 1 saturated heterocycles. The molecule has 3 amide bonds. The number of nitrogens with one attached hydrogen (secondary N) is 2. The monoisotopic (exact) mass is 320 g/mol. The highest BCUT2D eigenvalue weighted by Crippen LogP contribution is 2.29. The maximum atomic E-state index is 12.9. The number of halogens is 3. The largest absolute Gasteiger partial charge is 0.412 e. The number of likely N-dealkylation sites (tertiary alicyclic amines) is 1. The molecule has 122 valence electrons. The summed E-state index contributed by atoms with van der Waals surface area (Å²) >= 11 is 0. The van der Waals surface area contributed by atoms with Crippen LogP contribution in [-0.2, 0) is 4.79 Å². The molecule has 1 aliphatic heterocycles. The summed E-state index contributed by atoms with van der Waals surface area (Å²) in [4.78, 5) is 27.3. The minimum Gasteiger partial charge on any atom is -0.350 e. The molecule has 1 atom stereocenters. The SMILES string of the molecule is CC(=O)NC1CN(C(=O)NCC(n2cncn2)C(F)(F)F)C1. The highest BCUT2D eigenvalue weighted by molar-refractivity contribution is 5.77. The molecule has 1 unspecified atom stereocenters. The lowest BCUT2D eigenvalue weighted by molar-refractivity contribution is -0.168. The summed E-state index contributed by atoms with van der Waals surface area (Å²) in [7, 11) is 0. The van der Waals surface area contributed by atoms with Gasteiger partial charge in [0.1, 0.15) is 12.7 Å². The number of hydrogen-bond donors (Lipinski definition) is 2. The van der Waals surface area contributed by atoms with Crippen LogP contribution >= 0.6 is 0 Å². The van der Waals surface area contributed by atoms with E-state index in [9.17, 15) is 22.8 Å². The van der Waals surface area contributed by atoms with Crippen LogP contribution in [0.1, 0.15) is 13.0 Å². The highest BCUT2D eigenvalue weighted by atomic mass is 19.4. The third kappa shape index (κ3) is 3.86. The van der Waals surface area contributed by atoms with E-state index in [0.717, 1.165) is 12.7 Å². The van der Waals surface area contributed by atoms with Gasteiger partial charge in [0.25, 0.3) is 0 Å². The number of rotatable bonds is 4. The molecule has 8 nitrogen and oxygen atoms in total. The molecule has 0 aromatic carbocycles. The van der Waals surface area contributed by atoms with Gasteiger partial charge in [0, 0.05) is 20.0 Å². The van der Waals surface area contributed by atoms with E-state index < -0.39 is 24.8 Å². The molecule has 22 heavy (non-hydrogen) atoms. The zero-order chi connectivity index (χ0) is 16.3. The van der Waals surface area contributed by atoms with Crippen molar-refractivity contribution >= 4 is 11.9 Å². The van der Waals surface area contributed by atoms with Crippen molar-refractivity contribution in [2.45, 2.75) is 25.2 Å². The van der Waals surface area contributed by atoms with E-state index in [1.54, 1.807) is 0 Å². The Balaban J connectivity index is 1.83. The summed E-state index contributed by atoms with van der Waals surface area (Å²) in [5.74, 6) is -0.214. The predicted octanol–water partition coefficient (Wildman–Crippen LogP) is -0.0886. The zero-order valence-electron chi connectivity index (χ0n) is 11.7. The zero-order valence-corrected chi connectivity index (χ0v) is 11.7. The summed E-state index contributed by atoms with van der Waals surface area (Å²) in [5.41, 5.74) is 0. The Bertz CT molecular complexity index is 526. The molecule has 0 saturated carbocycles. The van der Waals surface area contributed by atoms with E-state index in [2.05, 4.69) is 20.7 Å². The third-order valence-electron chi connectivity index (χ3n) is 3.16. The number of alkyl halides is 3. The average Bonchev–Trinajstić information content (AvgIpc) is 2.84. The van der Waals surface area contributed by atoms with Gasteiger partial charge >= 0.3 is 12.2 Å². The normalized spacial score (nSPS) is 16.8. The summed E-state index contributed by atoms with van der Waals surface area (Å²) in [5, 5.41) is 8.29. The first-order valence-electron chi connectivity index (χ1n) is 6.48. The van der Waals surface area contributed by atoms with Crippen molar-refractivity contribution in [3.63, 3.8) is 0 Å². The van der Waals surface area contributed by atoms with Crippen molar-refractivity contribution in [3.8, 4) is 0 Å². The summed E-state index contributed by atoms with van der Waals surface area (Å²) in [6.07, 6.45) is -2.62. The molecule has 2 heterocycles. The third-order valence-corrected chi connectivity index (χ3v) is 3.16. The molecule has 1 aromatic heterocycles. The first-order chi connectivity index (χ1) is 10.3. The minimum atomic E-state index is -4.56. The Morgan fingerprint density at radius 3 is 2.59 bits per heavy atom. The maximum absolute atomic E-state index is 12.9. The molecule has 0 spiro atoms. The lowest BCUT2D eigenvalue weighted by Gasteiger charge is -2.39. The fraction of sp³-hybridized carbons (Fsp3) is 0.636. The smallest absolute Gasteiger partial charge is 0.350 e. The maximum Gasteiger partial charge on any atom is 0.412 e. The van der Waals surface area contributed by atoms with Gasteiger partial charge in [0.2, 0.25) is 5.91 Å². The van der Waals surface area contributed by atoms with E-state index >= 15 is 0 Å². The molecule has 2 rings (SSSR count). The van der Waals surface area contributed by atoms with Crippen molar-refractivity contribution in [1.29, 1.82) is 0 Å². The first-order valence-corrected chi connectivity index (χ1v) is 6.48. The van der Waals surface area contributed by atoms with Gasteiger partial charge in [-0.05, 0) is 0 Å². The number of amides is 3. The lowest BCUT2D eigenvalue weighted by atomic mass is 10.1. The molecule has 0 aliphatic carbocycles. The van der Waals surface area contributed by atoms with Crippen LogP contribution in [0.5, 0.6) is 0 Å². The summed E-state index contributed by atoms with van der Waals surface area (Å²) < 4.78 is 39.5. The van der Waals surface area contributed by atoms with Gasteiger partial charge in [0.15, 0.2) is 6.04 Å². The molecule has 0 radical (unpaired) electrons. The topological polar surface area (TPSA) is 92.2 Å². The quantitative estimate of drug-likeness (QED) is 0.811. The molecule has 2 N–H and O–H groups in total. The van der Waals surface area contributed by atoms with Crippen molar-refractivity contribution < 1.29 is 22.8 Å². The lowest BCUT2D eigenvalue weighted by Crippen LogP contribution is -2.63. The second-order valence-corrected chi connectivity index (χ2v) is 4.92. The van der Waals surface area contributed by atoms with E-state index in [-0.39, 0.29) is 25.0 Å². The number of carbonyl (C=O) groups is 2. The van der Waals surface area contributed by atoms with Crippen molar-refractivity contribution in [2.75, 3.05) is 19.6 Å². The number of aromatic nitrogens is 3. The van der Waals surface area contributed by atoms with E-state index in [4.69, 9.17) is 0 Å². The van der Waals surface area contributed by atoms with E-state index in [1.165, 1.54) is 11.8 Å². The van der Waals surface area contributed by atoms with Crippen molar-refractivity contribution in [3.05, 3.63) is 12.7 Å². The predicted molar refractivity (Wildman–Crippen MR) is 67.7 cm³/mol. The summed E-state index contributed by atoms with van der Waals surface area (Å²) in [6, 6.07) is -2.75. The molecule has 1 aliphatic rings. The number of nitrogens with zero attached hydrogens (tertiary/aromatic N) is 4. The highest BCUT2D eigenvalue weighted by Gasteiger charge is 2.42. The van der Waals surface area contributed by atoms with Crippen molar-refractivity contribution in [2.24, 2.45) is 0 Å². The van der Waals surface area contributed by atoms with Crippen LogP contribution in [0, 0.1) is 0 Å². The van der Waals surface area contributed by atoms with Gasteiger partial charge in [-0.3, -0.25) is 4.79 Å². The van der Waals surface area contributed by atoms with Gasteiger partial charge in [-0.2, -0.15) is 18.3 Å². The Hall–Kier alpha value is -2.33. The van der Waals surface area contributed by atoms with Crippen LogP contribution in [0.4, 0.5) is 18.0 Å². The van der Waals surface area contributed by atoms with Crippen LogP contribution < -0.4 is 10.6 Å². The van der Waals surface area contributed by atoms with Crippen LogP contribution in [0.25, 0.3) is 0 Å². The number of hydrogen-bond acceptors (Lipinski definition) is 4. The van der Waals surface area contributed by atoms with Gasteiger partial charge in [-0.15, -0.1) is 0 Å². The second kappa shape index (κ2) is 6.20. The molecule has 0 bridgehead atoms. The van der Waals surface area contributed by atoms with Gasteiger partial charge < -0.3 is 15.5 Å². The minimum absolute atomic E-state index is 0.156. The standard InChI is InChI=1S/C11H15F3N6O2/c1-7(21)18-8-3-19(4-8)10(22)16-2-9(11(12,13)14)20-6-15-5-17-20/h5-6,8-9H,2-4H2,1H3,(H,16,22)(H,18,21). The fourth-order valence-corrected chi connectivity index (χ4v) is 2.06. The Labute approximate surface area is 123 Å². The van der Waals surface area contributed by atoms with Crippen LogP contribution in [-0.4, -0.2) is 63.5 Å². The second-order valence-electron chi connectivity index (χ2n) is 4.92. The summed E-state index contributed by atoms with van der Waals surface area (Å²) in [6.45, 7) is 1.25. The molecule has 11 heteroatoms. The average molecular weight is 320 g/mol. The molecular weight excluding hydrogens is 305 g/mol. The molecular formula is C11H15F3N6O2. The fourth-order valence-electron chi connectivity index (χ4n) is 2.06. The van der Waals surface area contributed by atoms with E-state index in [0.29, 0.717) is 4.68 Å².